The average Bonchev–Trinajstić information content (AvgIpc) is 2.99. The van der Waals surface area contributed by atoms with Gasteiger partial charge in [-0.2, -0.15) is 0 Å². The Morgan fingerprint density at radius 1 is 1.40 bits per heavy atom. The number of nitrogens with zero attached hydrogens (tertiary/aromatic N) is 2. The quantitative estimate of drug-likeness (QED) is 0.794. The maximum absolute atomic E-state index is 11.7. The summed E-state index contributed by atoms with van der Waals surface area (Å²) in [7, 11) is 1.66. The SMILES string of the molecule is CN(CCO)C(=O)NCc1cccc(N2CC=CC2)c1. The smallest absolute Gasteiger partial charge is 0.317 e. The van der Waals surface area contributed by atoms with Gasteiger partial charge in [-0.15, -0.1) is 0 Å². The lowest BCUT2D eigenvalue weighted by atomic mass is 10.2. The lowest BCUT2D eigenvalue weighted by Crippen LogP contribution is -2.38. The number of aliphatic hydroxyl groups is 1. The molecule has 0 spiro atoms. The van der Waals surface area contributed by atoms with Crippen LogP contribution in [0.1, 0.15) is 5.56 Å². The molecular formula is C15H21N3O2. The topological polar surface area (TPSA) is 55.8 Å². The molecule has 108 valence electrons. The summed E-state index contributed by atoms with van der Waals surface area (Å²) in [5.74, 6) is 0. The van der Waals surface area contributed by atoms with Crippen LogP contribution >= 0.6 is 0 Å². The average molecular weight is 275 g/mol. The molecule has 0 atom stereocenters. The number of rotatable bonds is 5. The molecule has 1 aliphatic rings. The van der Waals surface area contributed by atoms with Crippen LogP contribution in [0.15, 0.2) is 36.4 Å². The summed E-state index contributed by atoms with van der Waals surface area (Å²) >= 11 is 0. The molecule has 2 rings (SSSR count). The Balaban J connectivity index is 1.89. The summed E-state index contributed by atoms with van der Waals surface area (Å²) in [6, 6.07) is 8.01. The van der Waals surface area contributed by atoms with Gasteiger partial charge in [-0.05, 0) is 17.7 Å². The molecule has 2 amide bonds. The number of benzene rings is 1. The van der Waals surface area contributed by atoms with Gasteiger partial charge in [0.15, 0.2) is 0 Å². The van der Waals surface area contributed by atoms with Crippen LogP contribution in [0.4, 0.5) is 10.5 Å². The molecule has 1 aromatic carbocycles. The molecule has 0 saturated carbocycles. The van der Waals surface area contributed by atoms with Crippen molar-refractivity contribution in [3.05, 3.63) is 42.0 Å². The van der Waals surface area contributed by atoms with Gasteiger partial charge in [0.25, 0.3) is 0 Å². The van der Waals surface area contributed by atoms with Crippen molar-refractivity contribution in [1.29, 1.82) is 0 Å². The molecule has 1 aromatic rings. The Labute approximate surface area is 119 Å². The van der Waals surface area contributed by atoms with E-state index in [-0.39, 0.29) is 12.6 Å². The van der Waals surface area contributed by atoms with E-state index in [0.29, 0.717) is 13.1 Å². The van der Waals surface area contributed by atoms with Crippen LogP contribution in [0.25, 0.3) is 0 Å². The highest BCUT2D eigenvalue weighted by molar-refractivity contribution is 5.73. The van der Waals surface area contributed by atoms with Crippen LogP contribution in [0, 0.1) is 0 Å². The molecule has 1 heterocycles. The molecule has 0 radical (unpaired) electrons. The van der Waals surface area contributed by atoms with E-state index < -0.39 is 0 Å². The first-order valence-electron chi connectivity index (χ1n) is 6.79. The zero-order valence-corrected chi connectivity index (χ0v) is 11.7. The Hall–Kier alpha value is -2.01. The van der Waals surface area contributed by atoms with E-state index in [9.17, 15) is 4.79 Å². The highest BCUT2D eigenvalue weighted by atomic mass is 16.3. The van der Waals surface area contributed by atoms with Crippen LogP contribution in [-0.2, 0) is 6.54 Å². The van der Waals surface area contributed by atoms with Gasteiger partial charge in [-0.3, -0.25) is 0 Å². The van der Waals surface area contributed by atoms with Crippen molar-refractivity contribution < 1.29 is 9.90 Å². The summed E-state index contributed by atoms with van der Waals surface area (Å²) in [5, 5.41) is 11.6. The fraction of sp³-hybridized carbons (Fsp3) is 0.400. The zero-order valence-electron chi connectivity index (χ0n) is 11.7. The molecule has 0 saturated heterocycles. The third-order valence-corrected chi connectivity index (χ3v) is 3.32. The Morgan fingerprint density at radius 3 is 2.85 bits per heavy atom. The third-order valence-electron chi connectivity index (χ3n) is 3.32. The number of urea groups is 1. The van der Waals surface area contributed by atoms with E-state index >= 15 is 0 Å². The maximum atomic E-state index is 11.7. The highest BCUT2D eigenvalue weighted by Crippen LogP contribution is 2.18. The second-order valence-corrected chi connectivity index (χ2v) is 4.85. The predicted molar refractivity (Wildman–Crippen MR) is 79.7 cm³/mol. The lowest BCUT2D eigenvalue weighted by molar-refractivity contribution is 0.190. The Morgan fingerprint density at radius 2 is 2.15 bits per heavy atom. The number of nitrogens with one attached hydrogen (secondary N) is 1. The molecular weight excluding hydrogens is 254 g/mol. The number of anilines is 1. The van der Waals surface area contributed by atoms with E-state index in [1.54, 1.807) is 7.05 Å². The van der Waals surface area contributed by atoms with Crippen molar-refractivity contribution in [3.63, 3.8) is 0 Å². The first-order chi connectivity index (χ1) is 9.70. The molecule has 0 bridgehead atoms. The largest absolute Gasteiger partial charge is 0.395 e. The minimum atomic E-state index is -0.174. The fourth-order valence-corrected chi connectivity index (χ4v) is 2.12. The maximum Gasteiger partial charge on any atom is 0.317 e. The van der Waals surface area contributed by atoms with Crippen LogP contribution in [0.2, 0.25) is 0 Å². The first-order valence-corrected chi connectivity index (χ1v) is 6.79. The van der Waals surface area contributed by atoms with E-state index in [4.69, 9.17) is 5.11 Å². The summed E-state index contributed by atoms with van der Waals surface area (Å²) < 4.78 is 0. The second-order valence-electron chi connectivity index (χ2n) is 4.85. The van der Waals surface area contributed by atoms with E-state index in [1.807, 2.05) is 12.1 Å². The van der Waals surface area contributed by atoms with Gasteiger partial charge in [0.1, 0.15) is 0 Å². The van der Waals surface area contributed by atoms with Crippen LogP contribution in [-0.4, -0.2) is 49.3 Å². The molecule has 5 nitrogen and oxygen atoms in total. The Bertz CT molecular complexity index is 480. The van der Waals surface area contributed by atoms with Gasteiger partial charge in [0.05, 0.1) is 6.61 Å². The second kappa shape index (κ2) is 6.96. The lowest BCUT2D eigenvalue weighted by Gasteiger charge is -2.19. The van der Waals surface area contributed by atoms with Crippen molar-refractivity contribution in [2.24, 2.45) is 0 Å². The minimum absolute atomic E-state index is 0.0264. The Kier molecular flexibility index (Phi) is 5.01. The zero-order chi connectivity index (χ0) is 14.4. The normalized spacial score (nSPS) is 13.6. The van der Waals surface area contributed by atoms with Crippen LogP contribution in [0.3, 0.4) is 0 Å². The number of hydrogen-bond donors (Lipinski definition) is 2. The summed E-state index contributed by atoms with van der Waals surface area (Å²) in [6.07, 6.45) is 4.30. The molecule has 0 fully saturated rings. The predicted octanol–water partition coefficient (Wildman–Crippen LogP) is 1.20. The molecule has 0 aromatic heterocycles. The monoisotopic (exact) mass is 275 g/mol. The number of amides is 2. The third kappa shape index (κ3) is 3.74. The van der Waals surface area contributed by atoms with Crippen molar-refractivity contribution >= 4 is 11.7 Å². The van der Waals surface area contributed by atoms with Gasteiger partial charge in [0.2, 0.25) is 0 Å². The van der Waals surface area contributed by atoms with Gasteiger partial charge >= 0.3 is 6.03 Å². The van der Waals surface area contributed by atoms with E-state index in [0.717, 1.165) is 18.7 Å². The van der Waals surface area contributed by atoms with Crippen molar-refractivity contribution in [2.75, 3.05) is 38.2 Å². The van der Waals surface area contributed by atoms with Crippen LogP contribution in [0.5, 0.6) is 0 Å². The minimum Gasteiger partial charge on any atom is -0.395 e. The molecule has 1 aliphatic heterocycles. The molecule has 0 aliphatic carbocycles. The van der Waals surface area contributed by atoms with Gasteiger partial charge in [0, 0.05) is 38.9 Å². The van der Waals surface area contributed by atoms with Gasteiger partial charge in [-0.25, -0.2) is 4.79 Å². The first kappa shape index (κ1) is 14.4. The molecule has 20 heavy (non-hydrogen) atoms. The van der Waals surface area contributed by atoms with Crippen molar-refractivity contribution in [3.8, 4) is 0 Å². The standard InChI is InChI=1S/C15H21N3O2/c1-17(9-10-19)15(20)16-12-13-5-4-6-14(11-13)18-7-2-3-8-18/h2-6,11,19H,7-10,12H2,1H3,(H,16,20). The van der Waals surface area contributed by atoms with Gasteiger partial charge < -0.3 is 20.2 Å². The molecule has 0 unspecified atom stereocenters. The fourth-order valence-electron chi connectivity index (χ4n) is 2.12. The van der Waals surface area contributed by atoms with E-state index in [1.165, 1.54) is 10.6 Å². The number of aliphatic hydroxyl groups excluding tert-OH is 1. The molecule has 2 N–H and O–H groups in total. The van der Waals surface area contributed by atoms with Crippen LogP contribution < -0.4 is 10.2 Å². The summed E-state index contributed by atoms with van der Waals surface area (Å²) in [6.45, 7) is 2.68. The number of likely N-dealkylation sites (N-methyl/N-ethyl adjacent to an activating group) is 1. The summed E-state index contributed by atoms with van der Waals surface area (Å²) in [4.78, 5) is 15.5. The van der Waals surface area contributed by atoms with E-state index in [2.05, 4.69) is 34.5 Å². The number of carbonyl (C=O) groups is 1. The van der Waals surface area contributed by atoms with Crippen molar-refractivity contribution in [1.82, 2.24) is 10.2 Å². The summed E-state index contributed by atoms with van der Waals surface area (Å²) in [5.41, 5.74) is 2.24. The van der Waals surface area contributed by atoms with Crippen molar-refractivity contribution in [2.45, 2.75) is 6.54 Å². The molecule has 5 heteroatoms. The highest BCUT2D eigenvalue weighted by Gasteiger charge is 2.09. The van der Waals surface area contributed by atoms with Gasteiger partial charge in [-0.1, -0.05) is 24.3 Å². The number of hydrogen-bond acceptors (Lipinski definition) is 3. The number of carbonyl (C=O) groups excluding carboxylic acids is 1.